The Bertz CT molecular complexity index is 757. The number of anilines is 2. The third kappa shape index (κ3) is 5.02. The molecule has 2 rings (SSSR count). The van der Waals surface area contributed by atoms with Gasteiger partial charge in [0.25, 0.3) is 5.91 Å². The molecule has 0 spiro atoms. The van der Waals surface area contributed by atoms with E-state index >= 15 is 0 Å². The van der Waals surface area contributed by atoms with Gasteiger partial charge in [-0.3, -0.25) is 10.2 Å². The lowest BCUT2D eigenvalue weighted by Gasteiger charge is -2.30. The molecule has 0 saturated heterocycles. The van der Waals surface area contributed by atoms with Crippen LogP contribution in [0, 0.1) is 0 Å². The third-order valence-corrected chi connectivity index (χ3v) is 3.75. The van der Waals surface area contributed by atoms with E-state index in [9.17, 15) is 30.0 Å². The van der Waals surface area contributed by atoms with E-state index in [2.05, 4.69) is 5.43 Å². The molecule has 27 heavy (non-hydrogen) atoms. The average molecular weight is 376 g/mol. The van der Waals surface area contributed by atoms with Crippen molar-refractivity contribution < 1.29 is 35.1 Å². The van der Waals surface area contributed by atoms with Gasteiger partial charge in [0.05, 0.1) is 11.4 Å². The molecule has 0 fully saturated rings. The summed E-state index contributed by atoms with van der Waals surface area (Å²) in [6, 6.07) is 16.7. The molecule has 9 heteroatoms. The smallest absolute Gasteiger partial charge is 0.335 e. The van der Waals surface area contributed by atoms with E-state index in [4.69, 9.17) is 5.11 Å². The number of benzene rings is 2. The number of hydrazine groups is 1. The molecule has 144 valence electrons. The van der Waals surface area contributed by atoms with E-state index in [-0.39, 0.29) is 0 Å². The van der Waals surface area contributed by atoms with Crippen LogP contribution in [0.25, 0.3) is 0 Å². The minimum atomic E-state index is -2.37. The summed E-state index contributed by atoms with van der Waals surface area (Å²) in [5.41, 5.74) is 3.60. The lowest BCUT2D eigenvalue weighted by Crippen LogP contribution is -2.54. The van der Waals surface area contributed by atoms with Crippen LogP contribution in [-0.4, -0.2) is 61.8 Å². The predicted molar refractivity (Wildman–Crippen MR) is 95.7 cm³/mol. The number of rotatable bonds is 8. The predicted octanol–water partition coefficient (Wildman–Crippen LogP) is -0.425. The van der Waals surface area contributed by atoms with Crippen molar-refractivity contribution in [2.75, 3.05) is 10.4 Å². The maximum absolute atomic E-state index is 12.7. The normalized spacial score (nSPS) is 15.3. The number of aliphatic carboxylic acids is 1. The molecule has 0 aromatic heterocycles. The van der Waals surface area contributed by atoms with Gasteiger partial charge in [0.2, 0.25) is 0 Å². The van der Waals surface area contributed by atoms with Crippen LogP contribution in [0.4, 0.5) is 11.4 Å². The molecule has 4 unspecified atom stereocenters. The summed E-state index contributed by atoms with van der Waals surface area (Å²) in [4.78, 5) is 23.4. The van der Waals surface area contributed by atoms with Gasteiger partial charge in [-0.05, 0) is 24.3 Å². The first-order valence-electron chi connectivity index (χ1n) is 7.98. The number of amides is 1. The standard InChI is InChI=1S/C18H20N2O7/c21-13(14(22)16(24)18(26)27)15(23)17(25)20(12-9-5-2-6-10-12)19-11-7-3-1-4-8-11/h1-10,13-16,19,21-24H,(H,26,27). The molecule has 2 aromatic rings. The van der Waals surface area contributed by atoms with Crippen molar-refractivity contribution >= 4 is 23.3 Å². The third-order valence-electron chi connectivity index (χ3n) is 3.75. The van der Waals surface area contributed by atoms with Crippen molar-refractivity contribution in [2.24, 2.45) is 0 Å². The highest BCUT2D eigenvalue weighted by atomic mass is 16.4. The van der Waals surface area contributed by atoms with E-state index in [1.54, 1.807) is 60.7 Å². The van der Waals surface area contributed by atoms with Crippen LogP contribution in [0.1, 0.15) is 0 Å². The highest BCUT2D eigenvalue weighted by molar-refractivity contribution is 5.98. The van der Waals surface area contributed by atoms with Crippen LogP contribution in [0.5, 0.6) is 0 Å². The molecule has 0 aliphatic heterocycles. The van der Waals surface area contributed by atoms with Crippen LogP contribution >= 0.6 is 0 Å². The Morgan fingerprint density at radius 2 is 1.26 bits per heavy atom. The summed E-state index contributed by atoms with van der Waals surface area (Å²) in [5, 5.41) is 48.7. The molecule has 1 amide bonds. The maximum Gasteiger partial charge on any atom is 0.335 e. The summed E-state index contributed by atoms with van der Waals surface area (Å²) in [6.07, 6.45) is -9.07. The molecule has 6 N–H and O–H groups in total. The Balaban J connectivity index is 2.26. The first kappa shape index (κ1) is 20.3. The Labute approximate surface area is 154 Å². The van der Waals surface area contributed by atoms with Gasteiger partial charge in [-0.15, -0.1) is 0 Å². The summed E-state index contributed by atoms with van der Waals surface area (Å²) in [7, 11) is 0. The number of nitrogens with one attached hydrogen (secondary N) is 1. The lowest BCUT2D eigenvalue weighted by molar-refractivity contribution is -0.165. The number of carbonyl (C=O) groups is 2. The first-order valence-corrected chi connectivity index (χ1v) is 7.98. The van der Waals surface area contributed by atoms with Crippen molar-refractivity contribution in [1.29, 1.82) is 0 Å². The fourth-order valence-corrected chi connectivity index (χ4v) is 2.26. The molecule has 0 radical (unpaired) electrons. The Hall–Kier alpha value is -2.98. The van der Waals surface area contributed by atoms with Crippen molar-refractivity contribution in [1.82, 2.24) is 0 Å². The monoisotopic (exact) mass is 376 g/mol. The molecule has 0 aliphatic carbocycles. The molecular formula is C18H20N2O7. The summed E-state index contributed by atoms with van der Waals surface area (Å²) < 4.78 is 0. The molecule has 4 atom stereocenters. The van der Waals surface area contributed by atoms with Crippen molar-refractivity contribution in [2.45, 2.75) is 24.4 Å². The average Bonchev–Trinajstić information content (AvgIpc) is 2.70. The SMILES string of the molecule is O=C(O)C(O)C(O)C(O)C(O)C(=O)N(Nc1ccccc1)c1ccccc1. The molecule has 0 saturated carbocycles. The molecule has 0 heterocycles. The number of aliphatic hydroxyl groups excluding tert-OH is 4. The second kappa shape index (κ2) is 9.10. The van der Waals surface area contributed by atoms with Crippen molar-refractivity contribution in [3.8, 4) is 0 Å². The molecule has 0 bridgehead atoms. The second-order valence-electron chi connectivity index (χ2n) is 5.70. The quantitative estimate of drug-likeness (QED) is 0.340. The van der Waals surface area contributed by atoms with E-state index in [1.807, 2.05) is 0 Å². The minimum absolute atomic E-state index is 0.325. The number of aliphatic hydroxyl groups is 4. The number of para-hydroxylation sites is 2. The number of carbonyl (C=O) groups excluding carboxylic acids is 1. The van der Waals surface area contributed by atoms with E-state index < -0.39 is 36.3 Å². The number of hydrogen-bond donors (Lipinski definition) is 6. The van der Waals surface area contributed by atoms with Crippen molar-refractivity contribution in [3.05, 3.63) is 60.7 Å². The molecule has 2 aromatic carbocycles. The maximum atomic E-state index is 12.7. The van der Waals surface area contributed by atoms with Gasteiger partial charge in [-0.25, -0.2) is 9.80 Å². The number of hydrogen-bond acceptors (Lipinski definition) is 7. The van der Waals surface area contributed by atoms with Gasteiger partial charge in [0.1, 0.15) is 12.2 Å². The van der Waals surface area contributed by atoms with Gasteiger partial charge in [0.15, 0.2) is 12.2 Å². The second-order valence-corrected chi connectivity index (χ2v) is 5.70. The van der Waals surface area contributed by atoms with Crippen LogP contribution < -0.4 is 10.4 Å². The first-order chi connectivity index (χ1) is 12.8. The van der Waals surface area contributed by atoms with Gasteiger partial charge in [-0.1, -0.05) is 36.4 Å². The number of nitrogens with zero attached hydrogens (tertiary/aromatic N) is 1. The van der Waals surface area contributed by atoms with Crippen LogP contribution in [0.3, 0.4) is 0 Å². The van der Waals surface area contributed by atoms with E-state index in [0.717, 1.165) is 5.01 Å². The Morgan fingerprint density at radius 3 is 1.78 bits per heavy atom. The largest absolute Gasteiger partial charge is 0.479 e. The lowest BCUT2D eigenvalue weighted by atomic mass is 10.0. The fourth-order valence-electron chi connectivity index (χ4n) is 2.26. The molecular weight excluding hydrogens is 356 g/mol. The van der Waals surface area contributed by atoms with Crippen LogP contribution in [0.2, 0.25) is 0 Å². The highest BCUT2D eigenvalue weighted by Crippen LogP contribution is 2.19. The van der Waals surface area contributed by atoms with Crippen molar-refractivity contribution in [3.63, 3.8) is 0 Å². The molecule has 0 aliphatic rings. The molecule has 9 nitrogen and oxygen atoms in total. The van der Waals surface area contributed by atoms with Gasteiger partial charge >= 0.3 is 5.97 Å². The van der Waals surface area contributed by atoms with Gasteiger partial charge in [0, 0.05) is 0 Å². The summed E-state index contributed by atoms with van der Waals surface area (Å²) in [5.74, 6) is -2.86. The number of carboxylic acid groups (broad SMARTS) is 1. The Kier molecular flexibility index (Phi) is 6.85. The van der Waals surface area contributed by atoms with E-state index in [0.29, 0.717) is 11.4 Å². The zero-order valence-electron chi connectivity index (χ0n) is 14.1. The highest BCUT2D eigenvalue weighted by Gasteiger charge is 2.39. The minimum Gasteiger partial charge on any atom is -0.479 e. The summed E-state index contributed by atoms with van der Waals surface area (Å²) in [6.45, 7) is 0. The zero-order chi connectivity index (χ0) is 20.0. The Morgan fingerprint density at radius 1 is 0.778 bits per heavy atom. The topological polar surface area (TPSA) is 151 Å². The van der Waals surface area contributed by atoms with Crippen LogP contribution in [-0.2, 0) is 9.59 Å². The number of carboxylic acids is 1. The van der Waals surface area contributed by atoms with E-state index in [1.165, 1.54) is 0 Å². The van der Waals surface area contributed by atoms with Gasteiger partial charge in [-0.2, -0.15) is 0 Å². The fraction of sp³-hybridized carbons (Fsp3) is 0.222. The summed E-state index contributed by atoms with van der Waals surface area (Å²) >= 11 is 0. The zero-order valence-corrected chi connectivity index (χ0v) is 14.1. The van der Waals surface area contributed by atoms with Gasteiger partial charge < -0.3 is 25.5 Å². The van der Waals surface area contributed by atoms with Crippen LogP contribution in [0.15, 0.2) is 60.7 Å².